The van der Waals surface area contributed by atoms with Crippen LogP contribution in [0.4, 0.5) is 0 Å². The maximum Gasteiger partial charge on any atom is 0.256 e. The minimum Gasteiger partial charge on any atom is -0.282 e. The normalized spacial score (nSPS) is 19.2. The summed E-state index contributed by atoms with van der Waals surface area (Å²) in [6.07, 6.45) is 11.4. The Morgan fingerprint density at radius 3 is 1.55 bits per heavy atom. The fraction of sp³-hybridized carbons (Fsp3) is 0.739. The van der Waals surface area contributed by atoms with Crippen molar-refractivity contribution in [2.75, 3.05) is 13.1 Å². The van der Waals surface area contributed by atoms with Crippen LogP contribution in [-0.2, 0) is 19.2 Å². The van der Waals surface area contributed by atoms with Crippen molar-refractivity contribution < 1.29 is 19.2 Å². The van der Waals surface area contributed by atoms with Crippen molar-refractivity contribution in [1.29, 1.82) is 0 Å². The highest BCUT2D eigenvalue weighted by Gasteiger charge is 2.44. The number of rotatable bonds is 13. The molecular weight excluding hydrogens is 368 g/mol. The molecule has 2 saturated heterocycles. The fourth-order valence-electron chi connectivity index (χ4n) is 4.09. The summed E-state index contributed by atoms with van der Waals surface area (Å²) in [5.41, 5.74) is -0.108. The summed E-state index contributed by atoms with van der Waals surface area (Å²) in [5.74, 6) is -0.353. The molecule has 6 nitrogen and oxygen atoms in total. The van der Waals surface area contributed by atoms with Crippen molar-refractivity contribution in [3.63, 3.8) is 0 Å². The van der Waals surface area contributed by atoms with E-state index in [1.165, 1.54) is 35.5 Å². The molecule has 0 aromatic carbocycles. The topological polar surface area (TPSA) is 74.8 Å². The largest absolute Gasteiger partial charge is 0.282 e. The highest BCUT2D eigenvalue weighted by Crippen LogP contribution is 2.31. The Hall–Kier alpha value is -1.98. The third-order valence-corrected chi connectivity index (χ3v) is 5.95. The lowest BCUT2D eigenvalue weighted by Gasteiger charge is -2.17. The zero-order valence-electron chi connectivity index (χ0n) is 18.1. The van der Waals surface area contributed by atoms with E-state index in [1.807, 2.05) is 13.8 Å². The number of hydrogen-bond donors (Lipinski definition) is 0. The third-order valence-electron chi connectivity index (χ3n) is 5.95. The number of imide groups is 2. The number of carbonyl (C=O) groups excluding carboxylic acids is 4. The van der Waals surface area contributed by atoms with Crippen LogP contribution < -0.4 is 0 Å². The Bertz CT molecular complexity index is 653. The summed E-state index contributed by atoms with van der Waals surface area (Å²) in [4.78, 5) is 50.2. The quantitative estimate of drug-likeness (QED) is 0.264. The van der Waals surface area contributed by atoms with Crippen LogP contribution >= 0.6 is 0 Å². The van der Waals surface area contributed by atoms with Crippen LogP contribution in [0.25, 0.3) is 0 Å². The maximum absolute atomic E-state index is 12.1. The SMILES string of the molecule is C=C1CC(=O)N(CCCCCCCCCCCCN2C(=O)CC(C)(C)C2=O)C1=O. The smallest absolute Gasteiger partial charge is 0.256 e. The molecule has 0 aliphatic carbocycles. The predicted molar refractivity (Wildman–Crippen MR) is 112 cm³/mol. The molecule has 162 valence electrons. The molecule has 0 radical (unpaired) electrons. The molecule has 2 aliphatic rings. The zero-order valence-corrected chi connectivity index (χ0v) is 18.1. The van der Waals surface area contributed by atoms with Gasteiger partial charge < -0.3 is 0 Å². The van der Waals surface area contributed by atoms with Gasteiger partial charge in [-0.15, -0.1) is 0 Å². The summed E-state index contributed by atoms with van der Waals surface area (Å²) in [6, 6.07) is 0. The van der Waals surface area contributed by atoms with E-state index < -0.39 is 5.41 Å². The molecule has 0 N–H and O–H groups in total. The predicted octanol–water partition coefficient (Wildman–Crippen LogP) is 3.99. The van der Waals surface area contributed by atoms with Gasteiger partial charge in [0.1, 0.15) is 0 Å². The van der Waals surface area contributed by atoms with E-state index in [1.54, 1.807) is 0 Å². The van der Waals surface area contributed by atoms with Crippen molar-refractivity contribution >= 4 is 23.6 Å². The van der Waals surface area contributed by atoms with Crippen molar-refractivity contribution in [2.45, 2.75) is 90.9 Å². The van der Waals surface area contributed by atoms with Gasteiger partial charge in [0, 0.05) is 25.1 Å². The Morgan fingerprint density at radius 1 is 0.724 bits per heavy atom. The highest BCUT2D eigenvalue weighted by molar-refractivity contribution is 6.12. The lowest BCUT2D eigenvalue weighted by Crippen LogP contribution is -2.33. The van der Waals surface area contributed by atoms with Crippen molar-refractivity contribution in [2.24, 2.45) is 5.41 Å². The molecule has 0 saturated carbocycles. The Balaban J connectivity index is 1.40. The van der Waals surface area contributed by atoms with E-state index in [2.05, 4.69) is 6.58 Å². The minimum absolute atomic E-state index is 0.0223. The van der Waals surface area contributed by atoms with Crippen LogP contribution in [-0.4, -0.2) is 46.5 Å². The minimum atomic E-state index is -0.523. The van der Waals surface area contributed by atoms with E-state index in [-0.39, 0.29) is 30.0 Å². The summed E-state index contributed by atoms with van der Waals surface area (Å²) in [5, 5.41) is 0. The molecule has 0 aromatic rings. The fourth-order valence-corrected chi connectivity index (χ4v) is 4.09. The molecular formula is C23H36N2O4. The van der Waals surface area contributed by atoms with Gasteiger partial charge in [-0.25, -0.2) is 0 Å². The van der Waals surface area contributed by atoms with Crippen LogP contribution in [0.3, 0.4) is 0 Å². The second-order valence-electron chi connectivity index (χ2n) is 9.08. The van der Waals surface area contributed by atoms with Gasteiger partial charge in [-0.1, -0.05) is 71.8 Å². The molecule has 2 fully saturated rings. The van der Waals surface area contributed by atoms with Crippen LogP contribution in [0.15, 0.2) is 12.2 Å². The van der Waals surface area contributed by atoms with E-state index >= 15 is 0 Å². The Labute approximate surface area is 174 Å². The number of nitrogens with zero attached hydrogens (tertiary/aromatic N) is 2. The monoisotopic (exact) mass is 404 g/mol. The van der Waals surface area contributed by atoms with Crippen LogP contribution in [0.5, 0.6) is 0 Å². The van der Waals surface area contributed by atoms with Crippen LogP contribution in [0.1, 0.15) is 90.9 Å². The average Bonchev–Trinajstić information content (AvgIpc) is 3.01. The molecule has 0 unspecified atom stereocenters. The standard InChI is InChI=1S/C23H36N2O4/c1-18-16-19(26)24(21(18)28)14-12-10-8-6-4-5-7-9-11-13-15-25-20(27)17-23(2,3)22(25)29/h1,4-17H2,2-3H3. The van der Waals surface area contributed by atoms with Gasteiger partial charge in [-0.3, -0.25) is 29.0 Å². The molecule has 4 amide bonds. The summed E-state index contributed by atoms with van der Waals surface area (Å²) in [6.45, 7) is 8.40. The molecule has 0 atom stereocenters. The number of hydrogen-bond acceptors (Lipinski definition) is 4. The second-order valence-corrected chi connectivity index (χ2v) is 9.08. The first-order chi connectivity index (χ1) is 13.7. The van der Waals surface area contributed by atoms with Gasteiger partial charge in [-0.05, 0) is 12.8 Å². The van der Waals surface area contributed by atoms with Gasteiger partial charge in [-0.2, -0.15) is 0 Å². The highest BCUT2D eigenvalue weighted by atomic mass is 16.2. The van der Waals surface area contributed by atoms with Gasteiger partial charge >= 0.3 is 0 Å². The van der Waals surface area contributed by atoms with Gasteiger partial charge in [0.2, 0.25) is 17.7 Å². The lowest BCUT2D eigenvalue weighted by molar-refractivity contribution is -0.141. The number of carbonyl (C=O) groups is 4. The van der Waals surface area contributed by atoms with Crippen LogP contribution in [0, 0.1) is 5.41 Å². The van der Waals surface area contributed by atoms with E-state index in [0.717, 1.165) is 38.5 Å². The second kappa shape index (κ2) is 10.7. The van der Waals surface area contributed by atoms with E-state index in [0.29, 0.717) is 25.1 Å². The van der Waals surface area contributed by atoms with Gasteiger partial charge in [0.15, 0.2) is 0 Å². The Morgan fingerprint density at radius 2 is 1.17 bits per heavy atom. The van der Waals surface area contributed by atoms with Crippen LogP contribution in [0.2, 0.25) is 0 Å². The first-order valence-electron chi connectivity index (χ1n) is 11.1. The molecule has 0 spiro atoms. The summed E-state index contributed by atoms with van der Waals surface area (Å²) < 4.78 is 0. The van der Waals surface area contributed by atoms with Gasteiger partial charge in [0.25, 0.3) is 5.91 Å². The maximum atomic E-state index is 12.1. The lowest BCUT2D eigenvalue weighted by atomic mass is 9.92. The first kappa shape index (κ1) is 23.3. The molecule has 0 bridgehead atoms. The zero-order chi connectivity index (χ0) is 21.4. The molecule has 29 heavy (non-hydrogen) atoms. The van der Waals surface area contributed by atoms with Crippen molar-refractivity contribution in [3.05, 3.63) is 12.2 Å². The van der Waals surface area contributed by atoms with Gasteiger partial charge in [0.05, 0.1) is 11.8 Å². The first-order valence-corrected chi connectivity index (χ1v) is 11.1. The van der Waals surface area contributed by atoms with Crippen molar-refractivity contribution in [1.82, 2.24) is 9.80 Å². The molecule has 6 heteroatoms. The molecule has 2 rings (SSSR count). The molecule has 0 aromatic heterocycles. The number of amides is 4. The number of unbranched alkanes of at least 4 members (excludes halogenated alkanes) is 9. The third kappa shape index (κ3) is 6.51. The average molecular weight is 405 g/mol. The van der Waals surface area contributed by atoms with E-state index in [9.17, 15) is 19.2 Å². The van der Waals surface area contributed by atoms with E-state index in [4.69, 9.17) is 0 Å². The summed E-state index contributed by atoms with van der Waals surface area (Å²) >= 11 is 0. The molecule has 2 aliphatic heterocycles. The number of likely N-dealkylation sites (tertiary alicyclic amines) is 2. The Kier molecular flexibility index (Phi) is 8.60. The molecule has 2 heterocycles. The van der Waals surface area contributed by atoms with Crippen molar-refractivity contribution in [3.8, 4) is 0 Å². The summed E-state index contributed by atoms with van der Waals surface area (Å²) in [7, 11) is 0.